The number of rotatable bonds is 4. The molecule has 1 atom stereocenters. The average molecular weight is 446 g/mol. The fourth-order valence-electron chi connectivity index (χ4n) is 4.79. The summed E-state index contributed by atoms with van der Waals surface area (Å²) in [4.78, 5) is 24.1. The molecule has 0 saturated carbocycles. The SMILES string of the molecule is COc1cc(C2C3=C(CCCC3=O)Nc3c2c(C)nn3-c2ccccc2)cc([N+](=O)[O-])c1O. The third kappa shape index (κ3) is 3.24. The van der Waals surface area contributed by atoms with E-state index in [1.807, 2.05) is 37.3 Å². The van der Waals surface area contributed by atoms with Crippen LogP contribution in [0.4, 0.5) is 11.5 Å². The van der Waals surface area contributed by atoms with Gasteiger partial charge in [0.15, 0.2) is 11.5 Å². The molecular weight excluding hydrogens is 424 g/mol. The van der Waals surface area contributed by atoms with Crippen molar-refractivity contribution in [3.8, 4) is 17.2 Å². The molecule has 0 fully saturated rings. The Kier molecular flexibility index (Phi) is 4.88. The molecule has 1 aliphatic heterocycles. The smallest absolute Gasteiger partial charge is 0.314 e. The summed E-state index contributed by atoms with van der Waals surface area (Å²) in [6.45, 7) is 1.86. The normalized spacial score (nSPS) is 17.3. The van der Waals surface area contributed by atoms with Gasteiger partial charge < -0.3 is 15.2 Å². The first-order valence-corrected chi connectivity index (χ1v) is 10.6. The number of Topliss-reactive ketones (excluding diaryl/α,β-unsaturated/α-hetero) is 1. The van der Waals surface area contributed by atoms with Crippen LogP contribution in [-0.4, -0.2) is 32.7 Å². The van der Waals surface area contributed by atoms with Gasteiger partial charge in [0.2, 0.25) is 5.75 Å². The van der Waals surface area contributed by atoms with E-state index in [2.05, 4.69) is 5.32 Å². The second-order valence-corrected chi connectivity index (χ2v) is 8.17. The molecule has 0 radical (unpaired) electrons. The van der Waals surface area contributed by atoms with E-state index >= 15 is 0 Å². The first kappa shape index (κ1) is 20.7. The maximum absolute atomic E-state index is 13.1. The van der Waals surface area contributed by atoms with Crippen LogP contribution in [0.1, 0.15) is 42.0 Å². The molecule has 168 valence electrons. The first-order valence-electron chi connectivity index (χ1n) is 10.6. The molecule has 2 aliphatic rings. The predicted molar refractivity (Wildman–Crippen MR) is 121 cm³/mol. The largest absolute Gasteiger partial charge is 0.500 e. The average Bonchev–Trinajstić information content (AvgIpc) is 3.14. The molecule has 0 bridgehead atoms. The molecule has 2 N–H and O–H groups in total. The minimum Gasteiger partial charge on any atom is -0.500 e. The third-order valence-corrected chi connectivity index (χ3v) is 6.24. The molecular formula is C24H22N4O5. The standard InChI is InChI=1S/C24H22N4O5/c1-13-20-21(14-11-17(28(31)32)23(30)19(12-14)33-2)22-16(9-6-10-18(22)29)25-24(20)27(26-13)15-7-4-3-5-8-15/h3-5,7-8,11-12,21,25,30H,6,9-10H2,1-2H3. The Hall–Kier alpha value is -4.14. The summed E-state index contributed by atoms with van der Waals surface area (Å²) in [7, 11) is 1.34. The number of allylic oxidation sites excluding steroid dienone is 2. The lowest BCUT2D eigenvalue weighted by Gasteiger charge is -2.33. The van der Waals surface area contributed by atoms with Crippen molar-refractivity contribution in [1.82, 2.24) is 9.78 Å². The Morgan fingerprint density at radius 2 is 2.00 bits per heavy atom. The van der Waals surface area contributed by atoms with Gasteiger partial charge in [0.25, 0.3) is 0 Å². The molecule has 33 heavy (non-hydrogen) atoms. The van der Waals surface area contributed by atoms with Crippen molar-refractivity contribution in [2.45, 2.75) is 32.1 Å². The van der Waals surface area contributed by atoms with Crippen LogP contribution in [0.15, 0.2) is 53.7 Å². The first-order chi connectivity index (χ1) is 15.9. The predicted octanol–water partition coefficient (Wildman–Crippen LogP) is 4.37. The van der Waals surface area contributed by atoms with E-state index in [9.17, 15) is 20.0 Å². The van der Waals surface area contributed by atoms with Crippen molar-refractivity contribution < 1.29 is 19.6 Å². The van der Waals surface area contributed by atoms with Crippen molar-refractivity contribution in [2.24, 2.45) is 0 Å². The van der Waals surface area contributed by atoms with Gasteiger partial charge in [0.05, 0.1) is 23.4 Å². The van der Waals surface area contributed by atoms with E-state index in [4.69, 9.17) is 9.84 Å². The Morgan fingerprint density at radius 1 is 1.24 bits per heavy atom. The molecule has 1 aliphatic carbocycles. The zero-order valence-corrected chi connectivity index (χ0v) is 18.2. The third-order valence-electron chi connectivity index (χ3n) is 6.24. The number of hydrogen-bond acceptors (Lipinski definition) is 7. The minimum absolute atomic E-state index is 0.000885. The summed E-state index contributed by atoms with van der Waals surface area (Å²) in [5.41, 5.74) is 3.75. The highest BCUT2D eigenvalue weighted by Crippen LogP contribution is 2.49. The van der Waals surface area contributed by atoms with Crippen molar-refractivity contribution in [3.63, 3.8) is 0 Å². The van der Waals surface area contributed by atoms with Gasteiger partial charge in [0.1, 0.15) is 5.82 Å². The lowest BCUT2D eigenvalue weighted by atomic mass is 9.76. The van der Waals surface area contributed by atoms with E-state index in [-0.39, 0.29) is 11.5 Å². The maximum atomic E-state index is 13.1. The summed E-state index contributed by atoms with van der Waals surface area (Å²) in [5, 5.41) is 30.1. The Bertz CT molecular complexity index is 1330. The van der Waals surface area contributed by atoms with E-state index < -0.39 is 22.3 Å². The number of benzene rings is 2. The van der Waals surface area contributed by atoms with Gasteiger partial charge in [-0.25, -0.2) is 4.68 Å². The van der Waals surface area contributed by atoms with Gasteiger partial charge in [-0.2, -0.15) is 5.10 Å². The number of anilines is 1. The van der Waals surface area contributed by atoms with E-state index in [0.717, 1.165) is 29.2 Å². The van der Waals surface area contributed by atoms with Crippen molar-refractivity contribution >= 4 is 17.3 Å². The fraction of sp³-hybridized carbons (Fsp3) is 0.250. The fourth-order valence-corrected chi connectivity index (χ4v) is 4.79. The van der Waals surface area contributed by atoms with Crippen LogP contribution in [0, 0.1) is 17.0 Å². The summed E-state index contributed by atoms with van der Waals surface area (Å²) >= 11 is 0. The lowest BCUT2D eigenvalue weighted by molar-refractivity contribution is -0.386. The molecule has 2 aromatic carbocycles. The van der Waals surface area contributed by atoms with E-state index in [1.165, 1.54) is 13.2 Å². The molecule has 0 saturated heterocycles. The lowest BCUT2D eigenvalue weighted by Crippen LogP contribution is -2.27. The zero-order chi connectivity index (χ0) is 23.3. The van der Waals surface area contributed by atoms with Crippen molar-refractivity contribution in [3.05, 3.63) is 80.7 Å². The molecule has 3 aromatic rings. The highest BCUT2D eigenvalue weighted by Gasteiger charge is 2.40. The summed E-state index contributed by atoms with van der Waals surface area (Å²) in [6.07, 6.45) is 1.83. The number of nitro benzene ring substituents is 1. The number of para-hydroxylation sites is 1. The number of methoxy groups -OCH3 is 1. The number of nitrogens with one attached hydrogen (secondary N) is 1. The number of ether oxygens (including phenoxy) is 1. The van der Waals surface area contributed by atoms with Crippen LogP contribution in [-0.2, 0) is 4.79 Å². The maximum Gasteiger partial charge on any atom is 0.314 e. The van der Waals surface area contributed by atoms with Crippen molar-refractivity contribution in [1.29, 1.82) is 0 Å². The topological polar surface area (TPSA) is 120 Å². The molecule has 0 spiro atoms. The van der Waals surface area contributed by atoms with Crippen molar-refractivity contribution in [2.75, 3.05) is 12.4 Å². The van der Waals surface area contributed by atoms with Crippen LogP contribution in [0.5, 0.6) is 11.5 Å². The summed E-state index contributed by atoms with van der Waals surface area (Å²) in [5.74, 6) is -0.401. The second kappa shape index (κ2) is 7.77. The van der Waals surface area contributed by atoms with Gasteiger partial charge in [-0.1, -0.05) is 18.2 Å². The number of carbonyl (C=O) groups is 1. The second-order valence-electron chi connectivity index (χ2n) is 8.17. The van der Waals surface area contributed by atoms with Gasteiger partial charge in [-0.05, 0) is 43.5 Å². The number of aryl methyl sites for hydroxylation is 1. The van der Waals surface area contributed by atoms with Gasteiger partial charge in [-0.3, -0.25) is 14.9 Å². The molecule has 9 nitrogen and oxygen atoms in total. The quantitative estimate of drug-likeness (QED) is 0.451. The number of aromatic hydroxyl groups is 1. The number of ketones is 1. The highest BCUT2D eigenvalue weighted by molar-refractivity contribution is 6.01. The summed E-state index contributed by atoms with van der Waals surface area (Å²) < 4.78 is 7.03. The van der Waals surface area contributed by atoms with E-state index in [0.29, 0.717) is 29.7 Å². The van der Waals surface area contributed by atoms with Crippen LogP contribution in [0.3, 0.4) is 0 Å². The number of phenolic OH excluding ortho intramolecular Hbond substituents is 1. The molecule has 1 aromatic heterocycles. The van der Waals surface area contributed by atoms with Crippen LogP contribution in [0.25, 0.3) is 5.69 Å². The highest BCUT2D eigenvalue weighted by atomic mass is 16.6. The number of carbonyl (C=O) groups excluding carboxylic acids is 1. The number of hydrogen-bond donors (Lipinski definition) is 2. The van der Waals surface area contributed by atoms with E-state index in [1.54, 1.807) is 10.7 Å². The number of nitro groups is 1. The van der Waals surface area contributed by atoms with Crippen LogP contribution in [0.2, 0.25) is 0 Å². The Balaban J connectivity index is 1.80. The molecule has 5 rings (SSSR count). The Labute approximate surface area is 189 Å². The molecule has 2 heterocycles. The number of nitrogens with zero attached hydrogens (tertiary/aromatic N) is 3. The molecule has 9 heteroatoms. The minimum atomic E-state index is -0.651. The monoisotopic (exact) mass is 446 g/mol. The van der Waals surface area contributed by atoms with Gasteiger partial charge >= 0.3 is 5.69 Å². The molecule has 1 unspecified atom stereocenters. The van der Waals surface area contributed by atoms with Crippen LogP contribution >= 0.6 is 0 Å². The van der Waals surface area contributed by atoms with Gasteiger partial charge in [-0.15, -0.1) is 0 Å². The van der Waals surface area contributed by atoms with Crippen LogP contribution < -0.4 is 10.1 Å². The number of fused-ring (bicyclic) bond motifs is 1. The zero-order valence-electron chi connectivity index (χ0n) is 18.2. The van der Waals surface area contributed by atoms with Gasteiger partial charge in [0, 0.05) is 35.2 Å². The molecule has 0 amide bonds. The number of aromatic nitrogens is 2. The summed E-state index contributed by atoms with van der Waals surface area (Å²) in [6, 6.07) is 12.5. The Morgan fingerprint density at radius 3 is 2.70 bits per heavy atom. The number of phenols is 1.